The van der Waals surface area contributed by atoms with Crippen LogP contribution in [0, 0.1) is 6.92 Å². The van der Waals surface area contributed by atoms with Gasteiger partial charge in [0.15, 0.2) is 5.78 Å². The van der Waals surface area contributed by atoms with Crippen molar-refractivity contribution in [3.63, 3.8) is 0 Å². The van der Waals surface area contributed by atoms with Gasteiger partial charge in [0.1, 0.15) is 0 Å². The van der Waals surface area contributed by atoms with Crippen LogP contribution in [0.3, 0.4) is 0 Å². The molecule has 1 atom stereocenters. The van der Waals surface area contributed by atoms with E-state index >= 15 is 0 Å². The van der Waals surface area contributed by atoms with Crippen molar-refractivity contribution in [2.75, 3.05) is 40.5 Å². The van der Waals surface area contributed by atoms with E-state index in [1.165, 1.54) is 0 Å². The number of rotatable bonds is 9. The smallest absolute Gasteiger partial charge is 0.176 e. The molecule has 0 aromatic heterocycles. The Bertz CT molecular complexity index is 420. The molecular formula is C16H25NO3. The Hall–Kier alpha value is -1.23. The molecule has 0 aliphatic carbocycles. The maximum atomic E-state index is 12.4. The molecule has 0 aliphatic heterocycles. The number of hydrogen-bond donors (Lipinski definition) is 0. The van der Waals surface area contributed by atoms with Crippen LogP contribution in [0.25, 0.3) is 0 Å². The van der Waals surface area contributed by atoms with E-state index in [-0.39, 0.29) is 11.8 Å². The SMILES string of the molecule is COCCN(CC(=O)c1cccc(C)c1)C(C)COC. The highest BCUT2D eigenvalue weighted by Gasteiger charge is 2.18. The lowest BCUT2D eigenvalue weighted by Gasteiger charge is -2.27. The van der Waals surface area contributed by atoms with Gasteiger partial charge in [-0.05, 0) is 19.9 Å². The Morgan fingerprint density at radius 1 is 1.30 bits per heavy atom. The number of nitrogens with zero attached hydrogens (tertiary/aromatic N) is 1. The van der Waals surface area contributed by atoms with E-state index in [0.717, 1.165) is 17.7 Å². The van der Waals surface area contributed by atoms with Crippen LogP contribution in [0.4, 0.5) is 0 Å². The van der Waals surface area contributed by atoms with Gasteiger partial charge < -0.3 is 9.47 Å². The van der Waals surface area contributed by atoms with Gasteiger partial charge >= 0.3 is 0 Å². The molecule has 20 heavy (non-hydrogen) atoms. The summed E-state index contributed by atoms with van der Waals surface area (Å²) in [7, 11) is 3.34. The number of ketones is 1. The topological polar surface area (TPSA) is 38.8 Å². The average molecular weight is 279 g/mol. The first-order chi connectivity index (χ1) is 9.58. The summed E-state index contributed by atoms with van der Waals surface area (Å²) in [6.07, 6.45) is 0. The number of ether oxygens (including phenoxy) is 2. The van der Waals surface area contributed by atoms with Crippen molar-refractivity contribution in [1.82, 2.24) is 4.90 Å². The fourth-order valence-electron chi connectivity index (χ4n) is 2.10. The minimum atomic E-state index is 0.132. The van der Waals surface area contributed by atoms with Gasteiger partial charge in [-0.3, -0.25) is 9.69 Å². The molecule has 1 aromatic rings. The second kappa shape index (κ2) is 8.84. The molecule has 1 rings (SSSR count). The summed E-state index contributed by atoms with van der Waals surface area (Å²) in [5.74, 6) is 0.132. The highest BCUT2D eigenvalue weighted by Crippen LogP contribution is 2.08. The molecule has 0 saturated heterocycles. The predicted molar refractivity (Wildman–Crippen MR) is 80.3 cm³/mol. The minimum absolute atomic E-state index is 0.132. The molecule has 0 fully saturated rings. The first-order valence-corrected chi connectivity index (χ1v) is 6.90. The highest BCUT2D eigenvalue weighted by atomic mass is 16.5. The quantitative estimate of drug-likeness (QED) is 0.649. The van der Waals surface area contributed by atoms with Gasteiger partial charge in [0.2, 0.25) is 0 Å². The molecule has 1 aromatic carbocycles. The van der Waals surface area contributed by atoms with Crippen molar-refractivity contribution < 1.29 is 14.3 Å². The van der Waals surface area contributed by atoms with Gasteiger partial charge in [-0.25, -0.2) is 0 Å². The van der Waals surface area contributed by atoms with Gasteiger partial charge in [0, 0.05) is 32.4 Å². The zero-order chi connectivity index (χ0) is 15.0. The van der Waals surface area contributed by atoms with Crippen LogP contribution in [0.1, 0.15) is 22.8 Å². The summed E-state index contributed by atoms with van der Waals surface area (Å²) in [6.45, 7) is 6.37. The Morgan fingerprint density at radius 2 is 2.05 bits per heavy atom. The molecule has 0 aliphatic rings. The molecule has 1 unspecified atom stereocenters. The van der Waals surface area contributed by atoms with E-state index in [4.69, 9.17) is 9.47 Å². The van der Waals surface area contributed by atoms with Crippen LogP contribution < -0.4 is 0 Å². The number of methoxy groups -OCH3 is 2. The zero-order valence-electron chi connectivity index (χ0n) is 12.9. The maximum absolute atomic E-state index is 12.4. The van der Waals surface area contributed by atoms with Crippen molar-refractivity contribution >= 4 is 5.78 Å². The number of Topliss-reactive ketones (excluding diaryl/α,β-unsaturated/α-hetero) is 1. The summed E-state index contributed by atoms with van der Waals surface area (Å²) in [6, 6.07) is 7.89. The van der Waals surface area contributed by atoms with Gasteiger partial charge in [-0.15, -0.1) is 0 Å². The highest BCUT2D eigenvalue weighted by molar-refractivity contribution is 5.97. The molecule has 112 valence electrons. The Morgan fingerprint density at radius 3 is 2.65 bits per heavy atom. The zero-order valence-corrected chi connectivity index (χ0v) is 12.9. The van der Waals surface area contributed by atoms with E-state index in [1.54, 1.807) is 14.2 Å². The van der Waals surface area contributed by atoms with Crippen LogP contribution in [0.15, 0.2) is 24.3 Å². The van der Waals surface area contributed by atoms with Crippen LogP contribution in [-0.4, -0.2) is 57.2 Å². The van der Waals surface area contributed by atoms with Crippen molar-refractivity contribution in [3.8, 4) is 0 Å². The largest absolute Gasteiger partial charge is 0.383 e. The third kappa shape index (κ3) is 5.41. The van der Waals surface area contributed by atoms with E-state index in [2.05, 4.69) is 11.8 Å². The third-order valence-corrected chi connectivity index (χ3v) is 3.30. The fourth-order valence-corrected chi connectivity index (χ4v) is 2.10. The first-order valence-electron chi connectivity index (χ1n) is 6.90. The van der Waals surface area contributed by atoms with Crippen molar-refractivity contribution in [3.05, 3.63) is 35.4 Å². The van der Waals surface area contributed by atoms with Gasteiger partial charge in [-0.1, -0.05) is 23.8 Å². The van der Waals surface area contributed by atoms with E-state index < -0.39 is 0 Å². The van der Waals surface area contributed by atoms with Crippen molar-refractivity contribution in [2.24, 2.45) is 0 Å². The van der Waals surface area contributed by atoms with Crippen LogP contribution in [-0.2, 0) is 9.47 Å². The second-order valence-corrected chi connectivity index (χ2v) is 5.06. The minimum Gasteiger partial charge on any atom is -0.383 e. The molecule has 0 saturated carbocycles. The Balaban J connectivity index is 2.70. The summed E-state index contributed by atoms with van der Waals surface area (Å²) in [5.41, 5.74) is 1.86. The monoisotopic (exact) mass is 279 g/mol. The molecule has 4 heteroatoms. The summed E-state index contributed by atoms with van der Waals surface area (Å²) < 4.78 is 10.3. The molecule has 0 radical (unpaired) electrons. The number of hydrogen-bond acceptors (Lipinski definition) is 4. The van der Waals surface area contributed by atoms with E-state index in [1.807, 2.05) is 31.2 Å². The van der Waals surface area contributed by atoms with Crippen LogP contribution in [0.2, 0.25) is 0 Å². The van der Waals surface area contributed by atoms with Gasteiger partial charge in [-0.2, -0.15) is 0 Å². The molecule has 0 heterocycles. The van der Waals surface area contributed by atoms with Gasteiger partial charge in [0.05, 0.1) is 19.8 Å². The van der Waals surface area contributed by atoms with Crippen molar-refractivity contribution in [1.29, 1.82) is 0 Å². The number of carbonyl (C=O) groups excluding carboxylic acids is 1. The molecular weight excluding hydrogens is 254 g/mol. The Labute approximate surface area is 121 Å². The van der Waals surface area contributed by atoms with Crippen molar-refractivity contribution in [2.45, 2.75) is 19.9 Å². The first kappa shape index (κ1) is 16.8. The lowest BCUT2D eigenvalue weighted by Crippen LogP contribution is -2.41. The fraction of sp³-hybridized carbons (Fsp3) is 0.562. The number of benzene rings is 1. The van der Waals surface area contributed by atoms with Gasteiger partial charge in [0.25, 0.3) is 0 Å². The molecule has 0 spiro atoms. The van der Waals surface area contributed by atoms with Crippen LogP contribution >= 0.6 is 0 Å². The summed E-state index contributed by atoms with van der Waals surface area (Å²) >= 11 is 0. The van der Waals surface area contributed by atoms with E-state index in [9.17, 15) is 4.79 Å². The second-order valence-electron chi connectivity index (χ2n) is 5.06. The lowest BCUT2D eigenvalue weighted by molar-refractivity contribution is 0.0651. The molecule has 4 nitrogen and oxygen atoms in total. The third-order valence-electron chi connectivity index (χ3n) is 3.30. The summed E-state index contributed by atoms with van der Waals surface area (Å²) in [4.78, 5) is 14.5. The normalized spacial score (nSPS) is 12.7. The molecule has 0 bridgehead atoms. The average Bonchev–Trinajstić information content (AvgIpc) is 2.43. The molecule has 0 amide bonds. The predicted octanol–water partition coefficient (Wildman–Crippen LogP) is 2.16. The van der Waals surface area contributed by atoms with E-state index in [0.29, 0.717) is 19.8 Å². The standard InChI is InChI=1S/C16H25NO3/c1-13-6-5-7-15(10-13)16(18)11-17(8-9-19-3)14(2)12-20-4/h5-7,10,14H,8-9,11-12H2,1-4H3. The molecule has 0 N–H and O–H groups in total. The lowest BCUT2D eigenvalue weighted by atomic mass is 10.1. The number of aryl methyl sites for hydroxylation is 1. The maximum Gasteiger partial charge on any atom is 0.176 e. The number of carbonyl (C=O) groups is 1. The van der Waals surface area contributed by atoms with Crippen LogP contribution in [0.5, 0.6) is 0 Å². The Kier molecular flexibility index (Phi) is 7.44. The summed E-state index contributed by atoms with van der Waals surface area (Å²) in [5, 5.41) is 0.